The van der Waals surface area contributed by atoms with E-state index >= 15 is 0 Å². The first-order valence-electron chi connectivity index (χ1n) is 6.55. The summed E-state index contributed by atoms with van der Waals surface area (Å²) in [5.41, 5.74) is 0. The van der Waals surface area contributed by atoms with Crippen molar-refractivity contribution >= 4 is 0 Å². The average Bonchev–Trinajstić information content (AvgIpc) is 2.26. The minimum Gasteiger partial charge on any atom is -0.311 e. The van der Waals surface area contributed by atoms with Gasteiger partial charge in [-0.2, -0.15) is 0 Å². The van der Waals surface area contributed by atoms with Crippen LogP contribution in [0.1, 0.15) is 46.5 Å². The number of hydrogen-bond donors (Lipinski definition) is 1. The van der Waals surface area contributed by atoms with Gasteiger partial charge in [-0.15, -0.1) is 6.58 Å². The van der Waals surface area contributed by atoms with E-state index in [1.165, 1.54) is 25.7 Å². The van der Waals surface area contributed by atoms with Gasteiger partial charge in [-0.1, -0.05) is 26.8 Å². The van der Waals surface area contributed by atoms with Crippen LogP contribution in [0, 0.1) is 17.8 Å². The van der Waals surface area contributed by atoms with E-state index in [4.69, 9.17) is 0 Å². The van der Waals surface area contributed by atoms with Gasteiger partial charge in [0.15, 0.2) is 0 Å². The van der Waals surface area contributed by atoms with E-state index in [2.05, 4.69) is 38.7 Å². The van der Waals surface area contributed by atoms with Gasteiger partial charge in [0.25, 0.3) is 0 Å². The van der Waals surface area contributed by atoms with Crippen LogP contribution in [-0.4, -0.2) is 12.6 Å². The van der Waals surface area contributed by atoms with E-state index in [-0.39, 0.29) is 0 Å². The van der Waals surface area contributed by atoms with Crippen LogP contribution in [-0.2, 0) is 0 Å². The molecule has 1 N–H and O–H groups in total. The highest BCUT2D eigenvalue weighted by Crippen LogP contribution is 2.34. The Morgan fingerprint density at radius 2 is 1.73 bits per heavy atom. The predicted molar refractivity (Wildman–Crippen MR) is 67.9 cm³/mol. The summed E-state index contributed by atoms with van der Waals surface area (Å²) >= 11 is 0. The van der Waals surface area contributed by atoms with Crippen LogP contribution in [0.15, 0.2) is 12.7 Å². The summed E-state index contributed by atoms with van der Waals surface area (Å²) in [5.74, 6) is 2.66. The number of likely N-dealkylation sites (N-methyl/N-ethyl adjacent to an activating group) is 1. The maximum absolute atomic E-state index is 3.95. The third-order valence-corrected chi connectivity index (χ3v) is 3.96. The molecule has 1 heteroatoms. The molecule has 0 amide bonds. The fraction of sp³-hybridized carbons (Fsp3) is 0.857. The highest BCUT2D eigenvalue weighted by atomic mass is 14.9. The Kier molecular flexibility index (Phi) is 5.38. The first-order valence-corrected chi connectivity index (χ1v) is 6.55. The molecule has 1 fully saturated rings. The molecule has 1 aliphatic carbocycles. The van der Waals surface area contributed by atoms with Crippen LogP contribution in [0.3, 0.4) is 0 Å². The highest BCUT2D eigenvalue weighted by Gasteiger charge is 2.26. The summed E-state index contributed by atoms with van der Waals surface area (Å²) < 4.78 is 0. The molecule has 0 aliphatic heterocycles. The molecule has 1 atom stereocenters. The molecular weight excluding hydrogens is 182 g/mol. The van der Waals surface area contributed by atoms with Crippen molar-refractivity contribution in [3.63, 3.8) is 0 Å². The molecule has 0 bridgehead atoms. The normalized spacial score (nSPS) is 29.1. The lowest BCUT2D eigenvalue weighted by molar-refractivity contribution is 0.204. The smallest absolute Gasteiger partial charge is 0.0275 e. The molecule has 15 heavy (non-hydrogen) atoms. The van der Waals surface area contributed by atoms with Crippen molar-refractivity contribution in [2.45, 2.75) is 52.5 Å². The van der Waals surface area contributed by atoms with Crippen LogP contribution in [0.2, 0.25) is 0 Å². The topological polar surface area (TPSA) is 12.0 Å². The fourth-order valence-corrected chi connectivity index (χ4v) is 2.85. The van der Waals surface area contributed by atoms with Gasteiger partial charge in [-0.05, 0) is 50.0 Å². The molecule has 0 heterocycles. The Balaban J connectivity index is 2.38. The number of hydrogen-bond acceptors (Lipinski definition) is 1. The van der Waals surface area contributed by atoms with Crippen LogP contribution < -0.4 is 5.32 Å². The molecule has 1 unspecified atom stereocenters. The van der Waals surface area contributed by atoms with Gasteiger partial charge in [-0.3, -0.25) is 0 Å². The van der Waals surface area contributed by atoms with Gasteiger partial charge in [0.05, 0.1) is 0 Å². The number of nitrogens with one attached hydrogen (secondary N) is 1. The predicted octanol–water partition coefficient (Wildman–Crippen LogP) is 3.61. The second kappa shape index (κ2) is 6.32. The summed E-state index contributed by atoms with van der Waals surface area (Å²) in [5, 5.41) is 3.53. The molecule has 1 saturated carbocycles. The molecule has 0 aromatic heterocycles. The van der Waals surface area contributed by atoms with Crippen LogP contribution in [0.4, 0.5) is 0 Å². The standard InChI is InChI=1S/C14H27N/c1-5-14(15-6-2)13-9-7-12(8-10-13)11(3)4/h5,11-15H,1,6-10H2,2-4H3. The van der Waals surface area contributed by atoms with Crippen molar-refractivity contribution in [2.75, 3.05) is 6.54 Å². The van der Waals surface area contributed by atoms with E-state index in [0.29, 0.717) is 6.04 Å². The Morgan fingerprint density at radius 3 is 2.13 bits per heavy atom. The second-order valence-corrected chi connectivity index (χ2v) is 5.24. The Bertz CT molecular complexity index is 178. The van der Waals surface area contributed by atoms with E-state index in [0.717, 1.165) is 24.3 Å². The third-order valence-electron chi connectivity index (χ3n) is 3.96. The summed E-state index contributed by atoms with van der Waals surface area (Å²) in [6, 6.07) is 0.545. The Hall–Kier alpha value is -0.300. The quantitative estimate of drug-likeness (QED) is 0.682. The lowest BCUT2D eigenvalue weighted by Crippen LogP contribution is -2.36. The molecule has 1 rings (SSSR count). The zero-order chi connectivity index (χ0) is 11.3. The molecule has 0 spiro atoms. The molecule has 0 saturated heterocycles. The van der Waals surface area contributed by atoms with Crippen molar-refractivity contribution in [1.29, 1.82) is 0 Å². The van der Waals surface area contributed by atoms with Crippen molar-refractivity contribution in [3.05, 3.63) is 12.7 Å². The molecule has 0 aromatic carbocycles. The van der Waals surface area contributed by atoms with Crippen molar-refractivity contribution in [2.24, 2.45) is 17.8 Å². The Labute approximate surface area is 95.3 Å². The van der Waals surface area contributed by atoms with Crippen molar-refractivity contribution in [1.82, 2.24) is 5.32 Å². The van der Waals surface area contributed by atoms with Crippen LogP contribution >= 0.6 is 0 Å². The van der Waals surface area contributed by atoms with E-state index in [9.17, 15) is 0 Å². The average molecular weight is 209 g/mol. The maximum atomic E-state index is 3.95. The lowest BCUT2D eigenvalue weighted by atomic mass is 9.74. The summed E-state index contributed by atoms with van der Waals surface area (Å²) in [4.78, 5) is 0. The first-order chi connectivity index (χ1) is 7.19. The first kappa shape index (κ1) is 12.8. The fourth-order valence-electron chi connectivity index (χ4n) is 2.85. The van der Waals surface area contributed by atoms with E-state index in [1.807, 2.05) is 0 Å². The zero-order valence-electron chi connectivity index (χ0n) is 10.6. The van der Waals surface area contributed by atoms with Crippen molar-refractivity contribution < 1.29 is 0 Å². The molecular formula is C14H27N. The van der Waals surface area contributed by atoms with Gasteiger partial charge in [0.1, 0.15) is 0 Å². The van der Waals surface area contributed by atoms with E-state index in [1.54, 1.807) is 0 Å². The van der Waals surface area contributed by atoms with Gasteiger partial charge in [0, 0.05) is 6.04 Å². The van der Waals surface area contributed by atoms with Crippen molar-refractivity contribution in [3.8, 4) is 0 Å². The van der Waals surface area contributed by atoms with Gasteiger partial charge < -0.3 is 5.32 Å². The molecule has 1 aliphatic rings. The minimum absolute atomic E-state index is 0.545. The molecule has 88 valence electrons. The molecule has 0 radical (unpaired) electrons. The monoisotopic (exact) mass is 209 g/mol. The minimum atomic E-state index is 0.545. The second-order valence-electron chi connectivity index (χ2n) is 5.24. The lowest BCUT2D eigenvalue weighted by Gasteiger charge is -2.34. The van der Waals surface area contributed by atoms with Crippen LogP contribution in [0.5, 0.6) is 0 Å². The summed E-state index contributed by atoms with van der Waals surface area (Å²) in [6.07, 6.45) is 7.69. The van der Waals surface area contributed by atoms with Gasteiger partial charge in [-0.25, -0.2) is 0 Å². The SMILES string of the molecule is C=CC(NCC)C1CCC(C(C)C)CC1. The molecule has 1 nitrogen and oxygen atoms in total. The molecule has 0 aromatic rings. The van der Waals surface area contributed by atoms with Gasteiger partial charge >= 0.3 is 0 Å². The number of rotatable bonds is 5. The Morgan fingerprint density at radius 1 is 1.20 bits per heavy atom. The summed E-state index contributed by atoms with van der Waals surface area (Å²) in [7, 11) is 0. The summed E-state index contributed by atoms with van der Waals surface area (Å²) in [6.45, 7) is 11.9. The highest BCUT2D eigenvalue weighted by molar-refractivity contribution is 4.93. The zero-order valence-corrected chi connectivity index (χ0v) is 10.6. The maximum Gasteiger partial charge on any atom is 0.0275 e. The van der Waals surface area contributed by atoms with E-state index < -0.39 is 0 Å². The van der Waals surface area contributed by atoms with Crippen LogP contribution in [0.25, 0.3) is 0 Å². The third kappa shape index (κ3) is 3.64. The largest absolute Gasteiger partial charge is 0.311 e. The van der Waals surface area contributed by atoms with Gasteiger partial charge in [0.2, 0.25) is 0 Å².